The second-order valence-corrected chi connectivity index (χ2v) is 17.4. The summed E-state index contributed by atoms with van der Waals surface area (Å²) in [5.74, 6) is -1.03. The van der Waals surface area contributed by atoms with Gasteiger partial charge >= 0.3 is 17.9 Å². The van der Waals surface area contributed by atoms with Gasteiger partial charge in [0.15, 0.2) is 6.10 Å². The van der Waals surface area contributed by atoms with Crippen molar-refractivity contribution in [3.63, 3.8) is 0 Å². The molecule has 0 unspecified atom stereocenters. The van der Waals surface area contributed by atoms with E-state index in [1.807, 2.05) is 0 Å². The summed E-state index contributed by atoms with van der Waals surface area (Å²) in [6, 6.07) is 0. The molecule has 0 aliphatic carbocycles. The molecule has 6 nitrogen and oxygen atoms in total. The van der Waals surface area contributed by atoms with Crippen molar-refractivity contribution in [3.05, 3.63) is 122 Å². The summed E-state index contributed by atoms with van der Waals surface area (Å²) in [6.07, 6.45) is 74.8. The Hall–Kier alpha value is -4.19. The predicted molar refractivity (Wildman–Crippen MR) is 288 cm³/mol. The summed E-state index contributed by atoms with van der Waals surface area (Å²) in [7, 11) is 0. The number of unbranched alkanes of at least 4 members (excludes halogenated alkanes) is 16. The highest BCUT2D eigenvalue weighted by atomic mass is 16.6. The lowest BCUT2D eigenvalue weighted by Crippen LogP contribution is -2.30. The monoisotopic (exact) mass is 927 g/mol. The molecule has 0 N–H and O–H groups in total. The molecule has 0 aromatic heterocycles. The maximum absolute atomic E-state index is 12.8. The number of ether oxygens (including phenoxy) is 3. The Morgan fingerprint density at radius 1 is 0.313 bits per heavy atom. The lowest BCUT2D eigenvalue weighted by molar-refractivity contribution is -0.167. The zero-order chi connectivity index (χ0) is 48.6. The van der Waals surface area contributed by atoms with Crippen LogP contribution in [0, 0.1) is 0 Å². The lowest BCUT2D eigenvalue weighted by Gasteiger charge is -2.18. The van der Waals surface area contributed by atoms with E-state index in [-0.39, 0.29) is 44.0 Å². The molecule has 1 atom stereocenters. The minimum atomic E-state index is -0.830. The van der Waals surface area contributed by atoms with Gasteiger partial charge < -0.3 is 14.2 Å². The molecule has 67 heavy (non-hydrogen) atoms. The highest BCUT2D eigenvalue weighted by molar-refractivity contribution is 5.71. The standard InChI is InChI=1S/C61H98O6/c1-4-7-10-13-16-19-22-25-28-30-33-36-39-42-45-48-51-54-60(63)66-57-58(56-65-59(62)53-50-47-44-41-38-35-32-27-24-21-18-15-12-9-6-3)67-61(64)55-52-49-46-43-40-37-34-31-29-26-23-20-17-14-11-8-5-2/h8-9,11-12,17-18,20-21,25-29,32,34,37-38,41,43,46,58H,4-7,10,13-16,19,22-24,30-31,33,35-36,39-40,42,44-45,47-57H2,1-3H3/b11-8-,12-9-,20-17-,21-18-,28-25-,29-26-,32-27-,37-34-,41-38-,46-43-/t58-/m1/s1. The smallest absolute Gasteiger partial charge is 0.306 e. The summed E-state index contributed by atoms with van der Waals surface area (Å²) in [5.41, 5.74) is 0. The zero-order valence-electron chi connectivity index (χ0n) is 43.1. The van der Waals surface area contributed by atoms with Crippen molar-refractivity contribution in [2.45, 2.75) is 232 Å². The van der Waals surface area contributed by atoms with Crippen LogP contribution in [0.3, 0.4) is 0 Å². The molecule has 0 aromatic rings. The second-order valence-electron chi connectivity index (χ2n) is 17.4. The molecular formula is C61H98O6. The van der Waals surface area contributed by atoms with Crippen LogP contribution in [0.1, 0.15) is 226 Å². The van der Waals surface area contributed by atoms with E-state index in [4.69, 9.17) is 14.2 Å². The third-order valence-corrected chi connectivity index (χ3v) is 10.9. The molecule has 0 saturated heterocycles. The number of rotatable bonds is 47. The van der Waals surface area contributed by atoms with Crippen LogP contribution in [0.4, 0.5) is 0 Å². The number of hydrogen-bond donors (Lipinski definition) is 0. The minimum Gasteiger partial charge on any atom is -0.462 e. The molecule has 0 spiro atoms. The number of carbonyl (C=O) groups excluding carboxylic acids is 3. The fourth-order valence-corrected chi connectivity index (χ4v) is 6.93. The first-order valence-corrected chi connectivity index (χ1v) is 27.0. The summed E-state index contributed by atoms with van der Waals surface area (Å²) >= 11 is 0. The SMILES string of the molecule is CC/C=C\C/C=C\C/C=C\C/C=C\C/C=C\CCCC(=O)O[C@H](COC(=O)CCCC/C=C\C/C=C\C/C=C\C/C=C\CC)COC(=O)CCCCCCCCC/C=C\CCCCCCCC. The molecule has 0 radical (unpaired) electrons. The Labute approximate surface area is 412 Å². The van der Waals surface area contributed by atoms with Crippen molar-refractivity contribution < 1.29 is 28.6 Å². The van der Waals surface area contributed by atoms with Crippen LogP contribution in [-0.4, -0.2) is 37.2 Å². The van der Waals surface area contributed by atoms with Crippen molar-refractivity contribution in [2.75, 3.05) is 13.2 Å². The van der Waals surface area contributed by atoms with Crippen molar-refractivity contribution in [1.82, 2.24) is 0 Å². The zero-order valence-corrected chi connectivity index (χ0v) is 43.1. The Balaban J connectivity index is 4.56. The maximum Gasteiger partial charge on any atom is 0.306 e. The number of allylic oxidation sites excluding steroid dienone is 20. The number of carbonyl (C=O) groups is 3. The van der Waals surface area contributed by atoms with Crippen molar-refractivity contribution in [2.24, 2.45) is 0 Å². The molecule has 0 heterocycles. The van der Waals surface area contributed by atoms with E-state index >= 15 is 0 Å². The summed E-state index contributed by atoms with van der Waals surface area (Å²) in [5, 5.41) is 0. The fourth-order valence-electron chi connectivity index (χ4n) is 6.93. The van der Waals surface area contributed by atoms with Crippen molar-refractivity contribution >= 4 is 17.9 Å². The van der Waals surface area contributed by atoms with E-state index < -0.39 is 6.10 Å². The molecule has 0 rings (SSSR count). The van der Waals surface area contributed by atoms with Crippen LogP contribution < -0.4 is 0 Å². The maximum atomic E-state index is 12.8. The van der Waals surface area contributed by atoms with Gasteiger partial charge in [-0.2, -0.15) is 0 Å². The van der Waals surface area contributed by atoms with E-state index in [1.54, 1.807) is 0 Å². The van der Waals surface area contributed by atoms with E-state index in [0.717, 1.165) is 96.3 Å². The van der Waals surface area contributed by atoms with Crippen LogP contribution in [0.25, 0.3) is 0 Å². The highest BCUT2D eigenvalue weighted by Crippen LogP contribution is 2.13. The molecule has 0 fully saturated rings. The summed E-state index contributed by atoms with van der Waals surface area (Å²) in [4.78, 5) is 38.0. The van der Waals surface area contributed by atoms with E-state index in [0.29, 0.717) is 19.3 Å². The molecule has 0 aliphatic rings. The van der Waals surface area contributed by atoms with Gasteiger partial charge in [-0.15, -0.1) is 0 Å². The van der Waals surface area contributed by atoms with Gasteiger partial charge in [-0.25, -0.2) is 0 Å². The number of esters is 3. The molecule has 0 bridgehead atoms. The highest BCUT2D eigenvalue weighted by Gasteiger charge is 2.19. The molecule has 0 amide bonds. The predicted octanol–water partition coefficient (Wildman–Crippen LogP) is 18.1. The molecule has 0 aromatic carbocycles. The van der Waals surface area contributed by atoms with Crippen molar-refractivity contribution in [1.29, 1.82) is 0 Å². The first-order chi connectivity index (χ1) is 33.0. The second kappa shape index (κ2) is 54.4. The molecule has 6 heteroatoms. The van der Waals surface area contributed by atoms with Crippen LogP contribution >= 0.6 is 0 Å². The third-order valence-electron chi connectivity index (χ3n) is 10.9. The molecular weight excluding hydrogens is 829 g/mol. The van der Waals surface area contributed by atoms with Crippen LogP contribution in [0.15, 0.2) is 122 Å². The van der Waals surface area contributed by atoms with Crippen LogP contribution in [-0.2, 0) is 28.6 Å². The lowest BCUT2D eigenvalue weighted by atomic mass is 10.1. The molecule has 0 saturated carbocycles. The fraction of sp³-hybridized carbons (Fsp3) is 0.623. The van der Waals surface area contributed by atoms with Crippen molar-refractivity contribution in [3.8, 4) is 0 Å². The van der Waals surface area contributed by atoms with Crippen LogP contribution in [0.2, 0.25) is 0 Å². The quantitative estimate of drug-likeness (QED) is 0.0262. The van der Waals surface area contributed by atoms with Gasteiger partial charge in [0.05, 0.1) is 0 Å². The Morgan fingerprint density at radius 3 is 1.00 bits per heavy atom. The minimum absolute atomic E-state index is 0.119. The largest absolute Gasteiger partial charge is 0.462 e. The van der Waals surface area contributed by atoms with E-state index in [1.165, 1.54) is 77.0 Å². The average Bonchev–Trinajstić information content (AvgIpc) is 3.33. The molecule has 0 aliphatic heterocycles. The first-order valence-electron chi connectivity index (χ1n) is 27.0. The van der Waals surface area contributed by atoms with E-state index in [9.17, 15) is 14.4 Å². The Morgan fingerprint density at radius 2 is 0.597 bits per heavy atom. The average molecular weight is 927 g/mol. The van der Waals surface area contributed by atoms with Gasteiger partial charge in [-0.3, -0.25) is 14.4 Å². The van der Waals surface area contributed by atoms with Gasteiger partial charge in [-0.1, -0.05) is 206 Å². The number of hydrogen-bond acceptors (Lipinski definition) is 6. The van der Waals surface area contributed by atoms with Gasteiger partial charge in [0, 0.05) is 19.3 Å². The van der Waals surface area contributed by atoms with E-state index in [2.05, 4.69) is 142 Å². The Bertz CT molecular complexity index is 1440. The summed E-state index contributed by atoms with van der Waals surface area (Å²) < 4.78 is 16.7. The van der Waals surface area contributed by atoms with Gasteiger partial charge in [-0.05, 0) is 122 Å². The summed E-state index contributed by atoms with van der Waals surface area (Å²) in [6.45, 7) is 6.31. The third kappa shape index (κ3) is 52.6. The van der Waals surface area contributed by atoms with Gasteiger partial charge in [0.2, 0.25) is 0 Å². The normalized spacial score (nSPS) is 13.1. The van der Waals surface area contributed by atoms with Gasteiger partial charge in [0.1, 0.15) is 13.2 Å². The van der Waals surface area contributed by atoms with Gasteiger partial charge in [0.25, 0.3) is 0 Å². The topological polar surface area (TPSA) is 78.9 Å². The Kier molecular flexibility index (Phi) is 51.0. The molecule has 378 valence electrons. The first kappa shape index (κ1) is 62.8. The van der Waals surface area contributed by atoms with Crippen LogP contribution in [0.5, 0.6) is 0 Å².